The van der Waals surface area contributed by atoms with Crippen LogP contribution in [0.2, 0.25) is 0 Å². The van der Waals surface area contributed by atoms with E-state index in [0.717, 1.165) is 28.5 Å². The van der Waals surface area contributed by atoms with Crippen molar-refractivity contribution in [1.29, 1.82) is 0 Å². The first-order chi connectivity index (χ1) is 12.3. The van der Waals surface area contributed by atoms with Crippen molar-refractivity contribution in [2.24, 2.45) is 12.0 Å². The number of fused-ring (bicyclic) bond motifs is 1. The first kappa shape index (κ1) is 18.5. The third-order valence-electron chi connectivity index (χ3n) is 4.21. The number of sulfone groups is 1. The Morgan fingerprint density at radius 1 is 1.12 bits per heavy atom. The molecule has 1 heterocycles. The molecule has 0 saturated carbocycles. The number of benzene rings is 2. The monoisotopic (exact) mass is 388 g/mol. The predicted octanol–water partition coefficient (Wildman–Crippen LogP) is 2.88. The van der Waals surface area contributed by atoms with Gasteiger partial charge in [-0.1, -0.05) is 36.5 Å². The average molecular weight is 389 g/mol. The Kier molecular flexibility index (Phi) is 5.11. The third kappa shape index (κ3) is 3.94. The normalized spacial score (nSPS) is 12.7. The zero-order valence-electron chi connectivity index (χ0n) is 14.9. The van der Waals surface area contributed by atoms with Crippen LogP contribution in [0.15, 0.2) is 52.4 Å². The van der Waals surface area contributed by atoms with Gasteiger partial charge in [-0.25, -0.2) is 8.42 Å². The fraction of sp³-hybridized carbons (Fsp3) is 0.263. The minimum Gasteiger partial charge on any atom is -0.319 e. The van der Waals surface area contributed by atoms with Crippen molar-refractivity contribution in [3.63, 3.8) is 0 Å². The summed E-state index contributed by atoms with van der Waals surface area (Å²) in [5.74, 6) is -0.255. The van der Waals surface area contributed by atoms with E-state index in [1.54, 1.807) is 12.1 Å². The second-order valence-electron chi connectivity index (χ2n) is 6.20. The molecular weight excluding hydrogens is 368 g/mol. The van der Waals surface area contributed by atoms with Crippen LogP contribution >= 0.6 is 11.3 Å². The van der Waals surface area contributed by atoms with Crippen LogP contribution in [-0.4, -0.2) is 25.1 Å². The molecule has 7 heteroatoms. The van der Waals surface area contributed by atoms with Gasteiger partial charge in [0.05, 0.1) is 21.5 Å². The molecule has 3 aromatic rings. The van der Waals surface area contributed by atoms with Crippen LogP contribution in [0.25, 0.3) is 10.2 Å². The SMILES string of the molecule is CCc1ccc2c(c1)sc(=NC(=O)Cc1ccc(S(C)(=O)=O)cc1)n2C. The number of nitrogens with zero attached hydrogens (tertiary/aromatic N) is 2. The lowest BCUT2D eigenvalue weighted by atomic mass is 10.1. The largest absolute Gasteiger partial charge is 0.319 e. The molecular formula is C19H20N2O3S2. The first-order valence-corrected chi connectivity index (χ1v) is 10.9. The number of hydrogen-bond acceptors (Lipinski definition) is 4. The quantitative estimate of drug-likeness (QED) is 0.690. The van der Waals surface area contributed by atoms with Gasteiger partial charge in [-0.2, -0.15) is 4.99 Å². The Balaban J connectivity index is 1.87. The van der Waals surface area contributed by atoms with Crippen molar-refractivity contribution in [1.82, 2.24) is 4.57 Å². The number of carbonyl (C=O) groups is 1. The van der Waals surface area contributed by atoms with Gasteiger partial charge in [0.15, 0.2) is 14.6 Å². The molecule has 5 nitrogen and oxygen atoms in total. The van der Waals surface area contributed by atoms with E-state index < -0.39 is 9.84 Å². The Morgan fingerprint density at radius 3 is 2.38 bits per heavy atom. The fourth-order valence-electron chi connectivity index (χ4n) is 2.68. The summed E-state index contributed by atoms with van der Waals surface area (Å²) in [6, 6.07) is 12.6. The summed E-state index contributed by atoms with van der Waals surface area (Å²) in [6.07, 6.45) is 2.26. The fourth-order valence-corrected chi connectivity index (χ4v) is 4.41. The molecule has 0 N–H and O–H groups in total. The molecule has 26 heavy (non-hydrogen) atoms. The molecule has 1 aromatic heterocycles. The average Bonchev–Trinajstić information content (AvgIpc) is 2.89. The van der Waals surface area contributed by atoms with Gasteiger partial charge in [-0.05, 0) is 41.8 Å². The molecule has 3 rings (SSSR count). The molecule has 2 aromatic carbocycles. The standard InChI is InChI=1S/C19H20N2O3S2/c1-4-13-7-10-16-17(11-13)25-19(21(16)2)20-18(22)12-14-5-8-15(9-6-14)26(3,23)24/h5-11H,4,12H2,1-3H3. The second kappa shape index (κ2) is 7.17. The summed E-state index contributed by atoms with van der Waals surface area (Å²) in [5, 5.41) is 0. The molecule has 0 saturated heterocycles. The molecule has 0 spiro atoms. The van der Waals surface area contributed by atoms with E-state index in [9.17, 15) is 13.2 Å². The number of thiazole rings is 1. The highest BCUT2D eigenvalue weighted by molar-refractivity contribution is 7.90. The number of aryl methyl sites for hydroxylation is 2. The van der Waals surface area contributed by atoms with Gasteiger partial charge in [0.25, 0.3) is 5.91 Å². The van der Waals surface area contributed by atoms with Crippen LogP contribution in [0.4, 0.5) is 0 Å². The van der Waals surface area contributed by atoms with Crippen LogP contribution in [0, 0.1) is 0 Å². The van der Waals surface area contributed by atoms with Crippen LogP contribution in [0.3, 0.4) is 0 Å². The van der Waals surface area contributed by atoms with Gasteiger partial charge in [-0.15, -0.1) is 0 Å². The predicted molar refractivity (Wildman–Crippen MR) is 104 cm³/mol. The number of hydrogen-bond donors (Lipinski definition) is 0. The summed E-state index contributed by atoms with van der Waals surface area (Å²) in [4.78, 5) is 17.5. The van der Waals surface area contributed by atoms with Crippen LogP contribution < -0.4 is 4.80 Å². The first-order valence-electron chi connectivity index (χ1n) is 8.23. The summed E-state index contributed by atoms with van der Waals surface area (Å²) in [5.41, 5.74) is 3.04. The van der Waals surface area contributed by atoms with Crippen molar-refractivity contribution >= 4 is 37.3 Å². The Morgan fingerprint density at radius 2 is 1.77 bits per heavy atom. The van der Waals surface area contributed by atoms with Crippen LogP contribution in [0.5, 0.6) is 0 Å². The Hall–Kier alpha value is -2.25. The Bertz CT molecular complexity index is 1140. The molecule has 0 aliphatic carbocycles. The lowest BCUT2D eigenvalue weighted by Crippen LogP contribution is -2.14. The molecule has 0 radical (unpaired) electrons. The Labute approximate surface area is 156 Å². The second-order valence-corrected chi connectivity index (χ2v) is 9.22. The van der Waals surface area contributed by atoms with Crippen LogP contribution in [-0.2, 0) is 34.5 Å². The van der Waals surface area contributed by atoms with E-state index in [4.69, 9.17) is 0 Å². The van der Waals surface area contributed by atoms with Gasteiger partial charge >= 0.3 is 0 Å². The lowest BCUT2D eigenvalue weighted by molar-refractivity contribution is -0.117. The van der Waals surface area contributed by atoms with Gasteiger partial charge in [0, 0.05) is 13.3 Å². The number of aromatic nitrogens is 1. The maximum Gasteiger partial charge on any atom is 0.252 e. The lowest BCUT2D eigenvalue weighted by Gasteiger charge is -2.01. The van der Waals surface area contributed by atoms with Crippen molar-refractivity contribution in [2.75, 3.05) is 6.26 Å². The summed E-state index contributed by atoms with van der Waals surface area (Å²) in [6.45, 7) is 2.11. The maximum absolute atomic E-state index is 12.3. The van der Waals surface area contributed by atoms with Crippen LogP contribution in [0.1, 0.15) is 18.1 Å². The number of rotatable bonds is 4. The smallest absolute Gasteiger partial charge is 0.252 e. The highest BCUT2D eigenvalue weighted by Crippen LogP contribution is 2.19. The summed E-state index contributed by atoms with van der Waals surface area (Å²) >= 11 is 1.49. The number of carbonyl (C=O) groups excluding carboxylic acids is 1. The van der Waals surface area contributed by atoms with Gasteiger partial charge < -0.3 is 4.57 Å². The van der Waals surface area contributed by atoms with Gasteiger partial charge in [0.1, 0.15) is 0 Å². The molecule has 0 aliphatic rings. The van der Waals surface area contributed by atoms with Crippen molar-refractivity contribution in [2.45, 2.75) is 24.7 Å². The minimum absolute atomic E-state index is 0.137. The summed E-state index contributed by atoms with van der Waals surface area (Å²) < 4.78 is 26.0. The number of amides is 1. The van der Waals surface area contributed by atoms with E-state index in [0.29, 0.717) is 4.80 Å². The molecule has 1 amide bonds. The zero-order chi connectivity index (χ0) is 18.9. The van der Waals surface area contributed by atoms with E-state index >= 15 is 0 Å². The van der Waals surface area contributed by atoms with E-state index in [1.165, 1.54) is 29.0 Å². The van der Waals surface area contributed by atoms with Gasteiger partial charge in [0.2, 0.25) is 0 Å². The molecule has 0 bridgehead atoms. The van der Waals surface area contributed by atoms with E-state index in [-0.39, 0.29) is 17.2 Å². The van der Waals surface area contributed by atoms with Gasteiger partial charge in [-0.3, -0.25) is 4.79 Å². The van der Waals surface area contributed by atoms with Crippen molar-refractivity contribution < 1.29 is 13.2 Å². The van der Waals surface area contributed by atoms with Crippen molar-refractivity contribution in [3.8, 4) is 0 Å². The topological polar surface area (TPSA) is 68.5 Å². The maximum atomic E-state index is 12.3. The highest BCUT2D eigenvalue weighted by atomic mass is 32.2. The van der Waals surface area contributed by atoms with E-state index in [1.807, 2.05) is 11.6 Å². The third-order valence-corrected chi connectivity index (χ3v) is 6.43. The molecule has 136 valence electrons. The zero-order valence-corrected chi connectivity index (χ0v) is 16.5. The molecule has 0 unspecified atom stereocenters. The minimum atomic E-state index is -3.23. The molecule has 0 fully saturated rings. The summed E-state index contributed by atoms with van der Waals surface area (Å²) in [7, 11) is -1.33. The molecule has 0 atom stereocenters. The van der Waals surface area contributed by atoms with Crippen molar-refractivity contribution in [3.05, 3.63) is 58.4 Å². The molecule has 0 aliphatic heterocycles. The highest BCUT2D eigenvalue weighted by Gasteiger charge is 2.09. The van der Waals surface area contributed by atoms with E-state index in [2.05, 4.69) is 30.1 Å².